The Morgan fingerprint density at radius 2 is 1.75 bits per heavy atom. The minimum Gasteiger partial charge on any atom is -0.327 e. The van der Waals surface area contributed by atoms with Crippen molar-refractivity contribution in [2.24, 2.45) is 7.05 Å². The minimum atomic E-state index is 0.914. The molecule has 4 heteroatoms. The van der Waals surface area contributed by atoms with Gasteiger partial charge in [-0.25, -0.2) is 4.98 Å². The molecule has 0 spiro atoms. The van der Waals surface area contributed by atoms with Crippen LogP contribution in [0.25, 0.3) is 22.4 Å². The van der Waals surface area contributed by atoms with Crippen molar-refractivity contribution in [2.45, 2.75) is 0 Å². The average molecular weight is 210 g/mol. The van der Waals surface area contributed by atoms with E-state index in [1.807, 2.05) is 25.2 Å². The van der Waals surface area contributed by atoms with E-state index in [9.17, 15) is 0 Å². The Morgan fingerprint density at radius 1 is 1.00 bits per heavy atom. The Labute approximate surface area is 92.6 Å². The molecule has 78 valence electrons. The van der Waals surface area contributed by atoms with E-state index >= 15 is 0 Å². The van der Waals surface area contributed by atoms with Crippen molar-refractivity contribution in [2.75, 3.05) is 0 Å². The molecule has 0 aliphatic rings. The van der Waals surface area contributed by atoms with E-state index in [1.165, 1.54) is 0 Å². The number of aromatic nitrogens is 4. The summed E-state index contributed by atoms with van der Waals surface area (Å²) in [5.74, 6) is 0.936. The maximum Gasteiger partial charge on any atom is 0.141 e. The van der Waals surface area contributed by atoms with Crippen LogP contribution in [-0.4, -0.2) is 19.5 Å². The monoisotopic (exact) mass is 210 g/mol. The zero-order valence-corrected chi connectivity index (χ0v) is 8.83. The van der Waals surface area contributed by atoms with Crippen LogP contribution in [0.2, 0.25) is 0 Å². The highest BCUT2D eigenvalue weighted by atomic mass is 15.1. The number of aryl methyl sites for hydroxylation is 1. The molecule has 0 aliphatic carbocycles. The van der Waals surface area contributed by atoms with Gasteiger partial charge in [-0.1, -0.05) is 0 Å². The molecule has 0 aromatic carbocycles. The topological polar surface area (TPSA) is 43.6 Å². The fourth-order valence-corrected chi connectivity index (χ4v) is 1.81. The number of fused-ring (bicyclic) bond motifs is 1. The molecule has 3 aromatic heterocycles. The summed E-state index contributed by atoms with van der Waals surface area (Å²) in [5.41, 5.74) is 3.06. The molecule has 0 atom stereocenters. The summed E-state index contributed by atoms with van der Waals surface area (Å²) in [6, 6.07) is 5.87. The summed E-state index contributed by atoms with van der Waals surface area (Å²) in [5, 5.41) is 0. The van der Waals surface area contributed by atoms with Crippen LogP contribution in [0, 0.1) is 0 Å². The molecular weight excluding hydrogens is 200 g/mol. The zero-order valence-electron chi connectivity index (χ0n) is 8.83. The number of nitrogens with zero attached hydrogens (tertiary/aromatic N) is 4. The van der Waals surface area contributed by atoms with E-state index < -0.39 is 0 Å². The van der Waals surface area contributed by atoms with Crippen LogP contribution in [0.4, 0.5) is 0 Å². The normalized spacial score (nSPS) is 10.8. The Kier molecular flexibility index (Phi) is 1.93. The molecule has 0 bridgehead atoms. The van der Waals surface area contributed by atoms with Crippen molar-refractivity contribution in [1.82, 2.24) is 19.5 Å². The summed E-state index contributed by atoms with van der Waals surface area (Å²) in [4.78, 5) is 12.6. The van der Waals surface area contributed by atoms with Gasteiger partial charge in [-0.2, -0.15) is 0 Å². The highest BCUT2D eigenvalue weighted by Gasteiger charge is 2.08. The summed E-state index contributed by atoms with van der Waals surface area (Å²) < 4.78 is 2.06. The van der Waals surface area contributed by atoms with Gasteiger partial charge in [0.15, 0.2) is 0 Å². The van der Waals surface area contributed by atoms with Gasteiger partial charge in [0.05, 0.1) is 11.7 Å². The van der Waals surface area contributed by atoms with E-state index in [0.717, 1.165) is 22.4 Å². The molecule has 0 saturated carbocycles. The first-order valence-corrected chi connectivity index (χ1v) is 5.03. The zero-order chi connectivity index (χ0) is 11.0. The molecule has 0 radical (unpaired) electrons. The summed E-state index contributed by atoms with van der Waals surface area (Å²) in [6.07, 6.45) is 7.10. The van der Waals surface area contributed by atoms with E-state index in [-0.39, 0.29) is 0 Å². The van der Waals surface area contributed by atoms with Crippen molar-refractivity contribution in [3.63, 3.8) is 0 Å². The van der Waals surface area contributed by atoms with E-state index in [4.69, 9.17) is 0 Å². The lowest BCUT2D eigenvalue weighted by molar-refractivity contribution is 0.958. The van der Waals surface area contributed by atoms with Gasteiger partial charge in [0.25, 0.3) is 0 Å². The first kappa shape index (κ1) is 9.03. The molecule has 3 heterocycles. The molecule has 0 aliphatic heterocycles. The van der Waals surface area contributed by atoms with Crippen LogP contribution in [-0.2, 0) is 7.05 Å². The highest BCUT2D eigenvalue weighted by molar-refractivity contribution is 5.79. The molecule has 0 fully saturated rings. The first-order valence-electron chi connectivity index (χ1n) is 5.03. The first-order chi connectivity index (χ1) is 7.86. The third-order valence-corrected chi connectivity index (χ3v) is 2.62. The quantitative estimate of drug-likeness (QED) is 0.617. The van der Waals surface area contributed by atoms with Crippen LogP contribution in [0.5, 0.6) is 0 Å². The lowest BCUT2D eigenvalue weighted by atomic mass is 10.2. The van der Waals surface area contributed by atoms with E-state index in [1.54, 1.807) is 24.8 Å². The van der Waals surface area contributed by atoms with Crippen molar-refractivity contribution in [3.8, 4) is 11.4 Å². The Balaban J connectivity index is 2.29. The lowest BCUT2D eigenvalue weighted by Crippen LogP contribution is -1.92. The number of rotatable bonds is 1. The molecule has 0 N–H and O–H groups in total. The molecule has 0 saturated heterocycles. The molecule has 0 unspecified atom stereocenters. The van der Waals surface area contributed by atoms with Crippen molar-refractivity contribution in [3.05, 3.63) is 43.0 Å². The Hall–Kier alpha value is -2.23. The summed E-state index contributed by atoms with van der Waals surface area (Å²) in [6.45, 7) is 0. The molecule has 16 heavy (non-hydrogen) atoms. The van der Waals surface area contributed by atoms with Gasteiger partial charge in [0, 0.05) is 31.2 Å². The van der Waals surface area contributed by atoms with Gasteiger partial charge < -0.3 is 4.57 Å². The van der Waals surface area contributed by atoms with Gasteiger partial charge in [0.1, 0.15) is 11.3 Å². The van der Waals surface area contributed by atoms with Crippen LogP contribution in [0.1, 0.15) is 0 Å². The number of pyridine rings is 2. The number of hydrogen-bond donors (Lipinski definition) is 0. The van der Waals surface area contributed by atoms with Crippen molar-refractivity contribution < 1.29 is 0 Å². The predicted octanol–water partition coefficient (Wildman–Crippen LogP) is 2.03. The maximum atomic E-state index is 4.56. The summed E-state index contributed by atoms with van der Waals surface area (Å²) in [7, 11) is 2.01. The summed E-state index contributed by atoms with van der Waals surface area (Å²) >= 11 is 0. The molecule has 4 nitrogen and oxygen atoms in total. The van der Waals surface area contributed by atoms with Gasteiger partial charge in [-0.15, -0.1) is 0 Å². The van der Waals surface area contributed by atoms with Gasteiger partial charge in [0.2, 0.25) is 0 Å². The van der Waals surface area contributed by atoms with Crippen molar-refractivity contribution in [1.29, 1.82) is 0 Å². The maximum absolute atomic E-state index is 4.56. The fraction of sp³-hybridized carbons (Fsp3) is 0.0833. The van der Waals surface area contributed by atoms with Crippen molar-refractivity contribution >= 4 is 11.0 Å². The smallest absolute Gasteiger partial charge is 0.141 e. The second kappa shape index (κ2) is 3.41. The highest BCUT2D eigenvalue weighted by Crippen LogP contribution is 2.21. The largest absolute Gasteiger partial charge is 0.327 e. The van der Waals surface area contributed by atoms with Crippen LogP contribution >= 0.6 is 0 Å². The van der Waals surface area contributed by atoms with E-state index in [2.05, 4.69) is 19.5 Å². The predicted molar refractivity (Wildman–Crippen MR) is 61.7 cm³/mol. The third-order valence-electron chi connectivity index (χ3n) is 2.62. The minimum absolute atomic E-state index is 0.914. The van der Waals surface area contributed by atoms with Gasteiger partial charge >= 0.3 is 0 Å². The Bertz CT molecular complexity index is 628. The van der Waals surface area contributed by atoms with Gasteiger partial charge in [-0.3, -0.25) is 9.97 Å². The second-order valence-electron chi connectivity index (χ2n) is 3.59. The second-order valence-corrected chi connectivity index (χ2v) is 3.59. The molecule has 3 aromatic rings. The molecule has 3 rings (SSSR count). The lowest BCUT2D eigenvalue weighted by Gasteiger charge is -2.00. The Morgan fingerprint density at radius 3 is 2.50 bits per heavy atom. The fourth-order valence-electron chi connectivity index (χ4n) is 1.81. The van der Waals surface area contributed by atoms with Crippen LogP contribution in [0.3, 0.4) is 0 Å². The molecular formula is C12H10N4. The standard InChI is InChI=1S/C12H10N4/c1-16-11-4-7-14-8-10(11)15-12(16)9-2-5-13-6-3-9/h2-8H,1H3. The average Bonchev–Trinajstić information content (AvgIpc) is 2.69. The SMILES string of the molecule is Cn1c(-c2ccncc2)nc2cnccc21. The van der Waals surface area contributed by atoms with Gasteiger partial charge in [-0.05, 0) is 18.2 Å². The number of hydrogen-bond acceptors (Lipinski definition) is 3. The molecule has 0 amide bonds. The van der Waals surface area contributed by atoms with Crippen LogP contribution in [0.15, 0.2) is 43.0 Å². The van der Waals surface area contributed by atoms with Crippen LogP contribution < -0.4 is 0 Å². The number of imidazole rings is 1. The third kappa shape index (κ3) is 1.27. The van der Waals surface area contributed by atoms with E-state index in [0.29, 0.717) is 0 Å².